The van der Waals surface area contributed by atoms with Gasteiger partial charge in [0, 0.05) is 35.9 Å². The van der Waals surface area contributed by atoms with E-state index in [1.54, 1.807) is 21.3 Å². The summed E-state index contributed by atoms with van der Waals surface area (Å²) in [6.45, 7) is 5.03. The Hall–Kier alpha value is -3.21. The molecule has 0 radical (unpaired) electrons. The summed E-state index contributed by atoms with van der Waals surface area (Å²) in [4.78, 5) is 6.69. The summed E-state index contributed by atoms with van der Waals surface area (Å²) in [5.74, 6) is 1.88. The van der Waals surface area contributed by atoms with E-state index in [0.29, 0.717) is 17.2 Å². The van der Waals surface area contributed by atoms with Crippen molar-refractivity contribution < 1.29 is 14.2 Å². The standard InChI is InChI=1S/C22H22N2O3/c1-14-13-24(17-11-19(25-2)22(27-4)20(12-17)26-3)21(14)16-7-8-18-15(10-16)6-5-9-23-18/h5-12,21H,1,13H2,2-4H3/t21-/m1/s1. The molecule has 0 aliphatic carbocycles. The lowest BCUT2D eigenvalue weighted by Gasteiger charge is -2.45. The quantitative estimate of drug-likeness (QED) is 0.630. The molecule has 27 heavy (non-hydrogen) atoms. The highest BCUT2D eigenvalue weighted by atomic mass is 16.5. The molecule has 1 fully saturated rings. The zero-order valence-electron chi connectivity index (χ0n) is 15.7. The van der Waals surface area contributed by atoms with Crippen LogP contribution in [0, 0.1) is 0 Å². The van der Waals surface area contributed by atoms with Crippen molar-refractivity contribution in [3.8, 4) is 17.2 Å². The van der Waals surface area contributed by atoms with Gasteiger partial charge in [-0.15, -0.1) is 0 Å². The lowest BCUT2D eigenvalue weighted by atomic mass is 9.88. The maximum absolute atomic E-state index is 5.50. The second-order valence-corrected chi connectivity index (χ2v) is 6.53. The van der Waals surface area contributed by atoms with Gasteiger partial charge in [0.2, 0.25) is 5.75 Å². The number of rotatable bonds is 5. The molecule has 0 saturated carbocycles. The molecule has 1 atom stereocenters. The second kappa shape index (κ2) is 6.83. The fraction of sp³-hybridized carbons (Fsp3) is 0.227. The predicted octanol–water partition coefficient (Wildman–Crippen LogP) is 4.38. The number of aromatic nitrogens is 1. The van der Waals surface area contributed by atoms with Gasteiger partial charge >= 0.3 is 0 Å². The average molecular weight is 362 g/mol. The fourth-order valence-corrected chi connectivity index (χ4v) is 3.66. The number of hydrogen-bond donors (Lipinski definition) is 0. The molecule has 1 saturated heterocycles. The number of anilines is 1. The smallest absolute Gasteiger partial charge is 0.203 e. The summed E-state index contributed by atoms with van der Waals surface area (Å²) in [6.07, 6.45) is 1.81. The molecule has 5 nitrogen and oxygen atoms in total. The van der Waals surface area contributed by atoms with Crippen LogP contribution in [0.2, 0.25) is 0 Å². The SMILES string of the molecule is C=C1CN(c2cc(OC)c(OC)c(OC)c2)[C@H]1c1ccc2ncccc2c1. The second-order valence-electron chi connectivity index (χ2n) is 6.53. The zero-order valence-corrected chi connectivity index (χ0v) is 15.7. The molecule has 0 N–H and O–H groups in total. The van der Waals surface area contributed by atoms with Crippen LogP contribution in [-0.4, -0.2) is 32.9 Å². The first-order valence-corrected chi connectivity index (χ1v) is 8.75. The number of fused-ring (bicyclic) bond motifs is 1. The zero-order chi connectivity index (χ0) is 19.0. The normalized spacial score (nSPS) is 16.2. The summed E-state index contributed by atoms with van der Waals surface area (Å²) in [5.41, 5.74) is 4.37. The van der Waals surface area contributed by atoms with Crippen molar-refractivity contribution in [1.29, 1.82) is 0 Å². The van der Waals surface area contributed by atoms with E-state index in [0.717, 1.165) is 23.1 Å². The van der Waals surface area contributed by atoms with Gasteiger partial charge in [0.15, 0.2) is 11.5 Å². The fourth-order valence-electron chi connectivity index (χ4n) is 3.66. The Balaban J connectivity index is 1.74. The number of nitrogens with zero attached hydrogens (tertiary/aromatic N) is 2. The third-order valence-corrected chi connectivity index (χ3v) is 5.00. The van der Waals surface area contributed by atoms with Crippen molar-refractivity contribution in [3.05, 3.63) is 66.4 Å². The van der Waals surface area contributed by atoms with Crippen molar-refractivity contribution in [2.45, 2.75) is 6.04 Å². The van der Waals surface area contributed by atoms with Crippen molar-refractivity contribution in [2.24, 2.45) is 0 Å². The summed E-state index contributed by atoms with van der Waals surface area (Å²) >= 11 is 0. The molecular formula is C22H22N2O3. The molecule has 0 unspecified atom stereocenters. The third kappa shape index (κ3) is 2.85. The maximum atomic E-state index is 5.50. The molecule has 2 aromatic carbocycles. The van der Waals surface area contributed by atoms with Crippen molar-refractivity contribution in [3.63, 3.8) is 0 Å². The largest absolute Gasteiger partial charge is 0.493 e. The van der Waals surface area contributed by atoms with Gasteiger partial charge in [0.1, 0.15) is 0 Å². The third-order valence-electron chi connectivity index (χ3n) is 5.00. The van der Waals surface area contributed by atoms with E-state index in [9.17, 15) is 0 Å². The Morgan fingerprint density at radius 3 is 2.37 bits per heavy atom. The van der Waals surface area contributed by atoms with E-state index in [4.69, 9.17) is 14.2 Å². The van der Waals surface area contributed by atoms with Gasteiger partial charge < -0.3 is 19.1 Å². The van der Waals surface area contributed by atoms with E-state index in [2.05, 4.69) is 40.7 Å². The van der Waals surface area contributed by atoms with E-state index < -0.39 is 0 Å². The molecule has 1 aromatic heterocycles. The van der Waals surface area contributed by atoms with Crippen molar-refractivity contribution >= 4 is 16.6 Å². The molecule has 2 heterocycles. The Bertz CT molecular complexity index is 990. The minimum atomic E-state index is 0.109. The van der Waals surface area contributed by atoms with Gasteiger partial charge in [0.05, 0.1) is 32.9 Å². The topological polar surface area (TPSA) is 43.8 Å². The van der Waals surface area contributed by atoms with Crippen LogP contribution in [0.1, 0.15) is 11.6 Å². The maximum Gasteiger partial charge on any atom is 0.203 e. The number of ether oxygens (including phenoxy) is 3. The van der Waals surface area contributed by atoms with Crippen LogP contribution >= 0.6 is 0 Å². The van der Waals surface area contributed by atoms with Crippen LogP contribution in [0.15, 0.2) is 60.8 Å². The first kappa shape index (κ1) is 17.2. The predicted molar refractivity (Wildman–Crippen MR) is 107 cm³/mol. The first-order valence-electron chi connectivity index (χ1n) is 8.75. The van der Waals surface area contributed by atoms with Crippen LogP contribution in [-0.2, 0) is 0 Å². The number of benzene rings is 2. The van der Waals surface area contributed by atoms with Crippen molar-refractivity contribution in [2.75, 3.05) is 32.8 Å². The monoisotopic (exact) mass is 362 g/mol. The van der Waals surface area contributed by atoms with Gasteiger partial charge in [-0.1, -0.05) is 18.7 Å². The Labute approximate surface area is 158 Å². The van der Waals surface area contributed by atoms with Crippen molar-refractivity contribution in [1.82, 2.24) is 4.98 Å². The molecule has 5 heteroatoms. The molecule has 0 amide bonds. The highest BCUT2D eigenvalue weighted by molar-refractivity contribution is 5.80. The summed E-state index contributed by atoms with van der Waals surface area (Å²) in [6, 6.07) is 14.5. The Morgan fingerprint density at radius 1 is 1.00 bits per heavy atom. The molecule has 1 aliphatic heterocycles. The van der Waals surface area contributed by atoms with Crippen LogP contribution in [0.25, 0.3) is 10.9 Å². The van der Waals surface area contributed by atoms with E-state index in [1.807, 2.05) is 24.4 Å². The van der Waals surface area contributed by atoms with E-state index in [-0.39, 0.29) is 6.04 Å². The Morgan fingerprint density at radius 2 is 1.74 bits per heavy atom. The summed E-state index contributed by atoms with van der Waals surface area (Å²) in [5, 5.41) is 1.12. The molecule has 0 bridgehead atoms. The number of hydrogen-bond acceptors (Lipinski definition) is 5. The van der Waals surface area contributed by atoms with Gasteiger partial charge in [-0.05, 0) is 29.3 Å². The van der Waals surface area contributed by atoms with Crippen LogP contribution in [0.4, 0.5) is 5.69 Å². The minimum Gasteiger partial charge on any atom is -0.493 e. The van der Waals surface area contributed by atoms with E-state index in [1.165, 1.54) is 11.1 Å². The number of pyridine rings is 1. The summed E-state index contributed by atoms with van der Waals surface area (Å²) in [7, 11) is 4.87. The van der Waals surface area contributed by atoms with Crippen LogP contribution in [0.3, 0.4) is 0 Å². The molecule has 0 spiro atoms. The summed E-state index contributed by atoms with van der Waals surface area (Å²) < 4.78 is 16.4. The highest BCUT2D eigenvalue weighted by Gasteiger charge is 2.34. The molecular weight excluding hydrogens is 340 g/mol. The van der Waals surface area contributed by atoms with Crippen LogP contribution in [0.5, 0.6) is 17.2 Å². The lowest BCUT2D eigenvalue weighted by molar-refractivity contribution is 0.324. The molecule has 1 aliphatic rings. The Kier molecular flexibility index (Phi) is 4.36. The molecule has 3 aromatic rings. The minimum absolute atomic E-state index is 0.109. The number of methoxy groups -OCH3 is 3. The molecule has 4 rings (SSSR count). The average Bonchev–Trinajstić information content (AvgIpc) is 2.70. The van der Waals surface area contributed by atoms with Gasteiger partial charge in [-0.25, -0.2) is 0 Å². The van der Waals surface area contributed by atoms with Gasteiger partial charge in [0.25, 0.3) is 0 Å². The van der Waals surface area contributed by atoms with E-state index >= 15 is 0 Å². The van der Waals surface area contributed by atoms with Gasteiger partial charge in [-0.3, -0.25) is 4.98 Å². The van der Waals surface area contributed by atoms with Crippen LogP contribution < -0.4 is 19.1 Å². The lowest BCUT2D eigenvalue weighted by Crippen LogP contribution is -2.43. The van der Waals surface area contributed by atoms with Gasteiger partial charge in [-0.2, -0.15) is 0 Å². The highest BCUT2D eigenvalue weighted by Crippen LogP contribution is 2.47. The first-order chi connectivity index (χ1) is 13.2. The molecule has 138 valence electrons.